The summed E-state index contributed by atoms with van der Waals surface area (Å²) in [6.07, 6.45) is 3.27. The topological polar surface area (TPSA) is 47.3 Å². The van der Waals surface area contributed by atoms with Crippen LogP contribution in [0.25, 0.3) is 11.3 Å². The highest BCUT2D eigenvalue weighted by molar-refractivity contribution is 6.53. The molecule has 0 amide bonds. The molecule has 20 heavy (non-hydrogen) atoms. The average molecular weight is 268 g/mol. The Balaban J connectivity index is 2.30. The number of benzene rings is 1. The lowest BCUT2D eigenvalue weighted by atomic mass is 9.84. The first kappa shape index (κ1) is 12.9. The van der Waals surface area contributed by atoms with E-state index in [4.69, 9.17) is 4.42 Å². The summed E-state index contributed by atoms with van der Waals surface area (Å²) in [5, 5.41) is 0. The number of ketones is 2. The van der Waals surface area contributed by atoms with E-state index in [0.29, 0.717) is 16.9 Å². The van der Waals surface area contributed by atoms with E-state index < -0.39 is 11.6 Å². The van der Waals surface area contributed by atoms with Crippen LogP contribution in [0.2, 0.25) is 0 Å². The molecule has 0 unspecified atom stereocenters. The van der Waals surface area contributed by atoms with Gasteiger partial charge in [-0.15, -0.1) is 0 Å². The van der Waals surface area contributed by atoms with E-state index in [0.717, 1.165) is 35.1 Å². The summed E-state index contributed by atoms with van der Waals surface area (Å²) in [7, 11) is 0. The highest BCUT2D eigenvalue weighted by Crippen LogP contribution is 2.38. The van der Waals surface area contributed by atoms with Crippen molar-refractivity contribution in [1.82, 2.24) is 0 Å². The van der Waals surface area contributed by atoms with Crippen molar-refractivity contribution < 1.29 is 14.0 Å². The van der Waals surface area contributed by atoms with Crippen molar-refractivity contribution in [2.24, 2.45) is 0 Å². The van der Waals surface area contributed by atoms with Crippen LogP contribution in [-0.4, -0.2) is 11.6 Å². The molecule has 0 spiro atoms. The zero-order valence-corrected chi connectivity index (χ0v) is 11.9. The first-order valence-corrected chi connectivity index (χ1v) is 6.85. The minimum atomic E-state index is -0.437. The van der Waals surface area contributed by atoms with Crippen molar-refractivity contribution in [3.05, 3.63) is 46.2 Å². The summed E-state index contributed by atoms with van der Waals surface area (Å²) in [5.74, 6) is -0.307. The van der Waals surface area contributed by atoms with Gasteiger partial charge in [-0.3, -0.25) is 9.59 Å². The number of fused-ring (bicyclic) bond motifs is 3. The lowest BCUT2D eigenvalue weighted by Gasteiger charge is -2.16. The molecular weight excluding hydrogens is 252 g/mol. The maximum absolute atomic E-state index is 12.3. The quantitative estimate of drug-likeness (QED) is 0.776. The van der Waals surface area contributed by atoms with Crippen molar-refractivity contribution in [2.75, 3.05) is 0 Å². The number of Topliss-reactive ketones (excluding diaryl/α,β-unsaturated/α-hetero) is 2. The molecule has 0 radical (unpaired) electrons. The van der Waals surface area contributed by atoms with E-state index in [1.165, 1.54) is 0 Å². The van der Waals surface area contributed by atoms with Gasteiger partial charge in [-0.1, -0.05) is 13.3 Å². The van der Waals surface area contributed by atoms with Gasteiger partial charge < -0.3 is 4.42 Å². The van der Waals surface area contributed by atoms with Crippen molar-refractivity contribution in [3.63, 3.8) is 0 Å². The molecule has 0 saturated heterocycles. The zero-order chi connectivity index (χ0) is 14.4. The fraction of sp³-hybridized carbons (Fsp3) is 0.294. The largest absolute Gasteiger partial charge is 0.463 e. The van der Waals surface area contributed by atoms with Gasteiger partial charge in [0.1, 0.15) is 5.76 Å². The van der Waals surface area contributed by atoms with Crippen LogP contribution < -0.4 is 0 Å². The number of aryl methyl sites for hydroxylation is 3. The number of furan rings is 1. The number of carbonyl (C=O) groups is 2. The molecule has 2 aromatic rings. The maximum Gasteiger partial charge on any atom is 0.237 e. The molecule has 3 rings (SSSR count). The van der Waals surface area contributed by atoms with Crippen LogP contribution in [-0.2, 0) is 6.42 Å². The highest BCUT2D eigenvalue weighted by Gasteiger charge is 2.35. The molecule has 0 atom stereocenters. The van der Waals surface area contributed by atoms with Crippen LogP contribution in [0, 0.1) is 13.8 Å². The van der Waals surface area contributed by atoms with E-state index in [2.05, 4.69) is 0 Å². The fourth-order valence-electron chi connectivity index (χ4n) is 2.72. The molecule has 3 heteroatoms. The Morgan fingerprint density at radius 3 is 2.30 bits per heavy atom. The van der Waals surface area contributed by atoms with Crippen LogP contribution in [0.15, 0.2) is 22.8 Å². The number of rotatable bonds is 2. The van der Waals surface area contributed by atoms with Gasteiger partial charge in [-0.25, -0.2) is 0 Å². The minimum absolute atomic E-state index is 0.422. The summed E-state index contributed by atoms with van der Waals surface area (Å²) in [6.45, 7) is 5.97. The molecule has 1 heterocycles. The van der Waals surface area contributed by atoms with Gasteiger partial charge in [0.05, 0.1) is 11.8 Å². The average Bonchev–Trinajstić information content (AvgIpc) is 2.83. The molecular formula is C17H16O3. The fourth-order valence-corrected chi connectivity index (χ4v) is 2.72. The molecule has 0 aliphatic heterocycles. The Morgan fingerprint density at radius 1 is 1.00 bits per heavy atom. The molecule has 1 aromatic carbocycles. The summed E-state index contributed by atoms with van der Waals surface area (Å²) >= 11 is 0. The minimum Gasteiger partial charge on any atom is -0.463 e. The lowest BCUT2D eigenvalue weighted by molar-refractivity contribution is 0.0814. The summed E-state index contributed by atoms with van der Waals surface area (Å²) in [4.78, 5) is 24.6. The first-order chi connectivity index (χ1) is 9.54. The Morgan fingerprint density at radius 2 is 1.65 bits per heavy atom. The second-order valence-corrected chi connectivity index (χ2v) is 5.36. The van der Waals surface area contributed by atoms with Gasteiger partial charge in [0.25, 0.3) is 0 Å². The lowest BCUT2D eigenvalue weighted by Crippen LogP contribution is -2.21. The molecule has 1 aliphatic carbocycles. The van der Waals surface area contributed by atoms with Crippen LogP contribution in [0.5, 0.6) is 0 Å². The monoisotopic (exact) mass is 268 g/mol. The maximum atomic E-state index is 12.3. The molecule has 0 saturated carbocycles. The molecule has 1 aliphatic rings. The highest BCUT2D eigenvalue weighted by atomic mass is 16.3. The Bertz CT molecular complexity index is 735. The van der Waals surface area contributed by atoms with Crippen molar-refractivity contribution in [1.29, 1.82) is 0 Å². The third kappa shape index (κ3) is 1.66. The van der Waals surface area contributed by atoms with Gasteiger partial charge in [-0.05, 0) is 43.5 Å². The predicted octanol–water partition coefficient (Wildman–Crippen LogP) is 3.89. The van der Waals surface area contributed by atoms with Crippen molar-refractivity contribution >= 4 is 11.6 Å². The Hall–Kier alpha value is -2.16. The molecule has 3 nitrogen and oxygen atoms in total. The van der Waals surface area contributed by atoms with Crippen molar-refractivity contribution in [2.45, 2.75) is 33.6 Å². The van der Waals surface area contributed by atoms with Crippen LogP contribution in [0.3, 0.4) is 0 Å². The van der Waals surface area contributed by atoms with Crippen LogP contribution in [0.1, 0.15) is 50.8 Å². The zero-order valence-electron chi connectivity index (χ0n) is 11.9. The number of carbonyl (C=O) groups excluding carboxylic acids is 2. The molecule has 0 fully saturated rings. The third-order valence-corrected chi connectivity index (χ3v) is 3.94. The van der Waals surface area contributed by atoms with E-state index >= 15 is 0 Å². The second kappa shape index (κ2) is 4.44. The third-order valence-electron chi connectivity index (χ3n) is 3.94. The standard InChI is InChI=1S/C17H16O3/c1-4-5-11-8-20-17-13-7-10(3)9(2)6-12(13)15(18)16(19)14(11)17/h6-8H,4-5H2,1-3H3. The van der Waals surface area contributed by atoms with Gasteiger partial charge >= 0.3 is 0 Å². The molecule has 102 valence electrons. The first-order valence-electron chi connectivity index (χ1n) is 6.85. The van der Waals surface area contributed by atoms with E-state index in [1.807, 2.05) is 26.8 Å². The second-order valence-electron chi connectivity index (χ2n) is 5.36. The van der Waals surface area contributed by atoms with Gasteiger partial charge in [0, 0.05) is 16.7 Å². The summed E-state index contributed by atoms with van der Waals surface area (Å²) in [5.41, 5.74) is 4.61. The smallest absolute Gasteiger partial charge is 0.237 e. The number of hydrogen-bond acceptors (Lipinski definition) is 3. The molecule has 0 N–H and O–H groups in total. The summed E-state index contributed by atoms with van der Waals surface area (Å²) in [6, 6.07) is 3.73. The van der Waals surface area contributed by atoms with Gasteiger partial charge in [0.15, 0.2) is 0 Å². The van der Waals surface area contributed by atoms with Gasteiger partial charge in [0.2, 0.25) is 11.6 Å². The molecule has 1 aromatic heterocycles. The Labute approximate surface area is 117 Å². The number of hydrogen-bond donors (Lipinski definition) is 0. The van der Waals surface area contributed by atoms with E-state index in [1.54, 1.807) is 12.3 Å². The van der Waals surface area contributed by atoms with Gasteiger partial charge in [-0.2, -0.15) is 0 Å². The normalized spacial score (nSPS) is 13.3. The van der Waals surface area contributed by atoms with Crippen LogP contribution in [0.4, 0.5) is 0 Å². The molecule has 0 bridgehead atoms. The Kier molecular flexibility index (Phi) is 2.85. The van der Waals surface area contributed by atoms with Crippen LogP contribution >= 0.6 is 0 Å². The van der Waals surface area contributed by atoms with Crippen molar-refractivity contribution in [3.8, 4) is 11.3 Å². The van der Waals surface area contributed by atoms with E-state index in [-0.39, 0.29) is 0 Å². The van der Waals surface area contributed by atoms with E-state index in [9.17, 15) is 9.59 Å². The summed E-state index contributed by atoms with van der Waals surface area (Å²) < 4.78 is 5.61. The SMILES string of the molecule is CCCc1coc2c1C(=O)C(=O)c1cc(C)c(C)cc1-2. The predicted molar refractivity (Wildman–Crippen MR) is 76.3 cm³/mol.